The number of rotatable bonds is 3. The summed E-state index contributed by atoms with van der Waals surface area (Å²) >= 11 is 8.23. The molecule has 0 spiro atoms. The van der Waals surface area contributed by atoms with Gasteiger partial charge in [-0.3, -0.25) is 0 Å². The zero-order valence-electron chi connectivity index (χ0n) is 8.21. The lowest BCUT2D eigenvalue weighted by atomic mass is 10.5. The Hall–Kier alpha value is -0.990. The van der Waals surface area contributed by atoms with Gasteiger partial charge in [0.15, 0.2) is 4.34 Å². The Labute approximate surface area is 105 Å². The number of nitrogen functional groups attached to an aromatic ring is 1. The maximum atomic E-state index is 5.66. The van der Waals surface area contributed by atoms with E-state index in [1.54, 1.807) is 0 Å². The Bertz CT molecular complexity index is 481. The number of aryl methyl sites for hydroxylation is 1. The SMILES string of the molecule is CCc1nsc(Sc2nc(N)nc(Cl)n2)n1. The average Bonchev–Trinajstić information content (AvgIpc) is 2.64. The zero-order valence-corrected chi connectivity index (χ0v) is 10.6. The second kappa shape index (κ2) is 4.89. The van der Waals surface area contributed by atoms with Crippen molar-refractivity contribution in [3.8, 4) is 0 Å². The summed E-state index contributed by atoms with van der Waals surface area (Å²) in [6.07, 6.45) is 0.803. The van der Waals surface area contributed by atoms with Crippen LogP contribution in [0, 0.1) is 0 Å². The van der Waals surface area contributed by atoms with Crippen molar-refractivity contribution in [3.63, 3.8) is 0 Å². The zero-order chi connectivity index (χ0) is 11.5. The van der Waals surface area contributed by atoms with Crippen molar-refractivity contribution in [2.24, 2.45) is 0 Å². The molecule has 0 atom stereocenters. The second-order valence-electron chi connectivity index (χ2n) is 2.68. The Morgan fingerprint density at radius 1 is 1.31 bits per heavy atom. The summed E-state index contributed by atoms with van der Waals surface area (Å²) in [6.45, 7) is 1.99. The fraction of sp³-hybridized carbons (Fsp3) is 0.286. The van der Waals surface area contributed by atoms with Crippen LogP contribution in [0.25, 0.3) is 0 Å². The molecule has 6 nitrogen and oxygen atoms in total. The number of hydrogen-bond acceptors (Lipinski definition) is 8. The number of hydrogen-bond donors (Lipinski definition) is 1. The van der Waals surface area contributed by atoms with Gasteiger partial charge in [-0.25, -0.2) is 4.98 Å². The normalized spacial score (nSPS) is 10.6. The van der Waals surface area contributed by atoms with E-state index in [1.807, 2.05) is 6.92 Å². The molecule has 0 aliphatic heterocycles. The van der Waals surface area contributed by atoms with Crippen LogP contribution in [-0.2, 0) is 6.42 Å². The minimum Gasteiger partial charge on any atom is -0.368 e. The molecule has 0 aromatic carbocycles. The van der Waals surface area contributed by atoms with Crippen LogP contribution >= 0.6 is 34.9 Å². The van der Waals surface area contributed by atoms with E-state index in [2.05, 4.69) is 24.3 Å². The molecule has 0 saturated carbocycles. The van der Waals surface area contributed by atoms with Crippen LogP contribution < -0.4 is 5.73 Å². The maximum absolute atomic E-state index is 5.66. The van der Waals surface area contributed by atoms with E-state index in [4.69, 9.17) is 17.3 Å². The van der Waals surface area contributed by atoms with E-state index in [0.717, 1.165) is 16.6 Å². The molecule has 2 rings (SSSR count). The lowest BCUT2D eigenvalue weighted by Gasteiger charge is -1.97. The first-order valence-electron chi connectivity index (χ1n) is 4.35. The van der Waals surface area contributed by atoms with Crippen LogP contribution in [0.4, 0.5) is 5.95 Å². The van der Waals surface area contributed by atoms with Crippen molar-refractivity contribution in [1.29, 1.82) is 0 Å². The van der Waals surface area contributed by atoms with Crippen LogP contribution in [0.5, 0.6) is 0 Å². The minimum atomic E-state index is 0.0789. The van der Waals surface area contributed by atoms with E-state index in [-0.39, 0.29) is 11.2 Å². The third kappa shape index (κ3) is 2.77. The molecule has 0 bridgehead atoms. The second-order valence-corrected chi connectivity index (χ2v) is 4.98. The van der Waals surface area contributed by atoms with Gasteiger partial charge in [0, 0.05) is 6.42 Å². The fourth-order valence-electron chi connectivity index (χ4n) is 0.893. The molecule has 9 heteroatoms. The van der Waals surface area contributed by atoms with E-state index in [0.29, 0.717) is 5.16 Å². The highest BCUT2D eigenvalue weighted by Gasteiger charge is 2.08. The smallest absolute Gasteiger partial charge is 0.228 e. The van der Waals surface area contributed by atoms with Gasteiger partial charge in [-0.2, -0.15) is 19.3 Å². The lowest BCUT2D eigenvalue weighted by molar-refractivity contribution is 0.912. The summed E-state index contributed by atoms with van der Waals surface area (Å²) in [7, 11) is 0. The highest BCUT2D eigenvalue weighted by molar-refractivity contribution is 8.00. The molecule has 0 radical (unpaired) electrons. The van der Waals surface area contributed by atoms with Crippen molar-refractivity contribution in [3.05, 3.63) is 11.1 Å². The van der Waals surface area contributed by atoms with Crippen molar-refractivity contribution in [1.82, 2.24) is 24.3 Å². The largest absolute Gasteiger partial charge is 0.368 e. The molecular formula is C7H7ClN6S2. The van der Waals surface area contributed by atoms with Gasteiger partial charge < -0.3 is 5.73 Å². The number of aromatic nitrogens is 5. The first-order valence-corrected chi connectivity index (χ1v) is 6.31. The third-order valence-electron chi connectivity index (χ3n) is 1.55. The van der Waals surface area contributed by atoms with Crippen LogP contribution in [0.2, 0.25) is 5.28 Å². The van der Waals surface area contributed by atoms with Gasteiger partial charge in [0.1, 0.15) is 5.82 Å². The Kier molecular flexibility index (Phi) is 3.52. The van der Waals surface area contributed by atoms with Crippen LogP contribution in [0.1, 0.15) is 12.7 Å². The van der Waals surface area contributed by atoms with Gasteiger partial charge in [0.2, 0.25) is 16.4 Å². The van der Waals surface area contributed by atoms with Gasteiger partial charge in [-0.05, 0) is 34.9 Å². The standard InChI is InChI=1S/C7H7ClN6S2/c1-2-3-10-7(16-14-3)15-6-12-4(8)11-5(9)13-6/h2H2,1H3,(H2,9,11,12,13). The van der Waals surface area contributed by atoms with E-state index >= 15 is 0 Å². The molecule has 0 aliphatic carbocycles. The third-order valence-corrected chi connectivity index (χ3v) is 3.37. The first kappa shape index (κ1) is 11.5. The molecule has 84 valence electrons. The van der Waals surface area contributed by atoms with Crippen LogP contribution in [0.15, 0.2) is 9.50 Å². The summed E-state index contributed by atoms with van der Waals surface area (Å²) in [4.78, 5) is 15.8. The van der Waals surface area contributed by atoms with Crippen LogP contribution in [0.3, 0.4) is 0 Å². The number of nitrogens with two attached hydrogens (primary N) is 1. The molecular weight excluding hydrogens is 268 g/mol. The van der Waals surface area contributed by atoms with Gasteiger partial charge in [0.05, 0.1) is 0 Å². The molecule has 2 N–H and O–H groups in total. The van der Waals surface area contributed by atoms with Crippen LogP contribution in [-0.4, -0.2) is 24.3 Å². The van der Waals surface area contributed by atoms with Gasteiger partial charge in [0.25, 0.3) is 0 Å². The summed E-state index contributed by atoms with van der Waals surface area (Å²) in [5.74, 6) is 0.906. The molecule has 0 aliphatic rings. The van der Waals surface area contributed by atoms with Gasteiger partial charge in [-0.15, -0.1) is 0 Å². The Morgan fingerprint density at radius 2 is 2.12 bits per heavy atom. The summed E-state index contributed by atoms with van der Waals surface area (Å²) in [6, 6.07) is 0. The highest BCUT2D eigenvalue weighted by Crippen LogP contribution is 2.26. The predicted molar refractivity (Wildman–Crippen MR) is 62.7 cm³/mol. The summed E-state index contributed by atoms with van der Waals surface area (Å²) in [5, 5.41) is 0.506. The van der Waals surface area contributed by atoms with E-state index in [9.17, 15) is 0 Å². The van der Waals surface area contributed by atoms with Crippen molar-refractivity contribution >= 4 is 40.8 Å². The molecule has 16 heavy (non-hydrogen) atoms. The minimum absolute atomic E-state index is 0.0789. The highest BCUT2D eigenvalue weighted by atomic mass is 35.5. The molecule has 2 aromatic heterocycles. The fourth-order valence-corrected chi connectivity index (χ4v) is 2.67. The van der Waals surface area contributed by atoms with E-state index in [1.165, 1.54) is 23.3 Å². The van der Waals surface area contributed by atoms with Crippen molar-refractivity contribution in [2.45, 2.75) is 22.8 Å². The molecule has 0 fully saturated rings. The number of nitrogens with zero attached hydrogens (tertiary/aromatic N) is 5. The van der Waals surface area contributed by atoms with E-state index < -0.39 is 0 Å². The molecule has 0 saturated heterocycles. The number of anilines is 1. The molecule has 2 heterocycles. The van der Waals surface area contributed by atoms with Gasteiger partial charge in [-0.1, -0.05) is 6.92 Å². The number of halogens is 1. The quantitative estimate of drug-likeness (QED) is 0.910. The molecule has 2 aromatic rings. The summed E-state index contributed by atoms with van der Waals surface area (Å²) in [5.41, 5.74) is 5.45. The molecule has 0 unspecified atom stereocenters. The predicted octanol–water partition coefficient (Wildman–Crippen LogP) is 1.67. The Balaban J connectivity index is 2.19. The lowest BCUT2D eigenvalue weighted by Crippen LogP contribution is -1.98. The monoisotopic (exact) mass is 274 g/mol. The van der Waals surface area contributed by atoms with Crippen molar-refractivity contribution in [2.75, 3.05) is 5.73 Å². The maximum Gasteiger partial charge on any atom is 0.228 e. The topological polar surface area (TPSA) is 90.5 Å². The Morgan fingerprint density at radius 3 is 2.75 bits per heavy atom. The molecule has 0 amide bonds. The average molecular weight is 275 g/mol. The van der Waals surface area contributed by atoms with Crippen molar-refractivity contribution < 1.29 is 0 Å². The summed E-state index contributed by atoms with van der Waals surface area (Å²) < 4.78 is 4.91. The first-order chi connectivity index (χ1) is 7.67. The van der Waals surface area contributed by atoms with Gasteiger partial charge >= 0.3 is 0 Å².